The molecule has 0 unspecified atom stereocenters. The van der Waals surface area contributed by atoms with Crippen molar-refractivity contribution in [2.45, 2.75) is 6.54 Å². The number of benzene rings is 3. The standard InChI is InChI=1S/C26H20N4/c1-4-10-20(11-5-1)19-30-24(21-12-6-2-7-13-21)18-29-26(30)23-16-27-25(28-17-23)22-14-8-3-9-15-22/h1-18H,19H2. The summed E-state index contributed by atoms with van der Waals surface area (Å²) in [6, 6.07) is 30.8. The molecule has 0 bridgehead atoms. The van der Waals surface area contributed by atoms with Gasteiger partial charge in [-0.1, -0.05) is 91.0 Å². The number of imidazole rings is 1. The highest BCUT2D eigenvalue weighted by atomic mass is 15.1. The number of nitrogens with zero attached hydrogens (tertiary/aromatic N) is 4. The minimum absolute atomic E-state index is 0.712. The van der Waals surface area contributed by atoms with E-state index in [1.165, 1.54) is 5.56 Å². The van der Waals surface area contributed by atoms with E-state index >= 15 is 0 Å². The van der Waals surface area contributed by atoms with Gasteiger partial charge in [-0.25, -0.2) is 15.0 Å². The molecule has 4 nitrogen and oxygen atoms in total. The lowest BCUT2D eigenvalue weighted by atomic mass is 10.1. The van der Waals surface area contributed by atoms with Crippen LogP contribution in [0.3, 0.4) is 0 Å². The van der Waals surface area contributed by atoms with Crippen LogP contribution in [0.25, 0.3) is 34.0 Å². The van der Waals surface area contributed by atoms with Crippen LogP contribution in [0, 0.1) is 0 Å². The quantitative estimate of drug-likeness (QED) is 0.387. The van der Waals surface area contributed by atoms with Gasteiger partial charge in [-0.3, -0.25) is 0 Å². The van der Waals surface area contributed by atoms with Gasteiger partial charge in [-0.2, -0.15) is 0 Å². The summed E-state index contributed by atoms with van der Waals surface area (Å²) in [5, 5.41) is 0. The number of hydrogen-bond donors (Lipinski definition) is 0. The van der Waals surface area contributed by atoms with Gasteiger partial charge in [-0.15, -0.1) is 0 Å². The maximum Gasteiger partial charge on any atom is 0.159 e. The van der Waals surface area contributed by atoms with Crippen molar-refractivity contribution < 1.29 is 0 Å². The Kier molecular flexibility index (Phi) is 4.88. The molecule has 144 valence electrons. The van der Waals surface area contributed by atoms with E-state index in [-0.39, 0.29) is 0 Å². The van der Waals surface area contributed by atoms with Crippen LogP contribution in [-0.4, -0.2) is 19.5 Å². The van der Waals surface area contributed by atoms with Gasteiger partial charge >= 0.3 is 0 Å². The molecule has 2 aromatic heterocycles. The second kappa shape index (κ2) is 8.13. The Balaban J connectivity index is 1.57. The summed E-state index contributed by atoms with van der Waals surface area (Å²) < 4.78 is 2.23. The lowest BCUT2D eigenvalue weighted by Gasteiger charge is -2.13. The predicted octanol–water partition coefficient (Wildman–Crippen LogP) is 5.72. The number of hydrogen-bond acceptors (Lipinski definition) is 3. The van der Waals surface area contributed by atoms with Gasteiger partial charge in [0.1, 0.15) is 5.82 Å². The van der Waals surface area contributed by atoms with Crippen molar-refractivity contribution >= 4 is 0 Å². The first kappa shape index (κ1) is 18.0. The van der Waals surface area contributed by atoms with E-state index in [9.17, 15) is 0 Å². The fourth-order valence-electron chi connectivity index (χ4n) is 3.55. The van der Waals surface area contributed by atoms with Crippen molar-refractivity contribution in [1.82, 2.24) is 19.5 Å². The first-order valence-electron chi connectivity index (χ1n) is 9.91. The minimum atomic E-state index is 0.712. The molecular weight excluding hydrogens is 368 g/mol. The highest BCUT2D eigenvalue weighted by Gasteiger charge is 2.15. The smallest absolute Gasteiger partial charge is 0.159 e. The molecule has 0 aliphatic rings. The number of aromatic nitrogens is 4. The predicted molar refractivity (Wildman–Crippen MR) is 120 cm³/mol. The van der Waals surface area contributed by atoms with Gasteiger partial charge in [-0.05, 0) is 11.1 Å². The zero-order valence-electron chi connectivity index (χ0n) is 16.4. The van der Waals surface area contributed by atoms with Gasteiger partial charge < -0.3 is 4.57 Å². The van der Waals surface area contributed by atoms with Gasteiger partial charge in [0.25, 0.3) is 0 Å². The molecule has 0 spiro atoms. The fourth-order valence-corrected chi connectivity index (χ4v) is 3.55. The van der Waals surface area contributed by atoms with Gasteiger partial charge in [0.05, 0.1) is 17.5 Å². The van der Waals surface area contributed by atoms with Crippen LogP contribution >= 0.6 is 0 Å². The highest BCUT2D eigenvalue weighted by molar-refractivity contribution is 5.66. The van der Waals surface area contributed by atoms with Crippen LogP contribution in [0.4, 0.5) is 0 Å². The molecule has 0 saturated heterocycles. The summed E-state index contributed by atoms with van der Waals surface area (Å²) >= 11 is 0. The molecule has 0 amide bonds. The third-order valence-corrected chi connectivity index (χ3v) is 5.05. The van der Waals surface area contributed by atoms with Crippen LogP contribution in [0.5, 0.6) is 0 Å². The van der Waals surface area contributed by atoms with Gasteiger partial charge in [0, 0.05) is 24.5 Å². The Morgan fingerprint density at radius 2 is 1.10 bits per heavy atom. The molecule has 0 aliphatic heterocycles. The SMILES string of the molecule is c1ccc(Cn2c(-c3ccccc3)cnc2-c2cnc(-c3ccccc3)nc2)cc1. The van der Waals surface area contributed by atoms with E-state index in [0.717, 1.165) is 34.8 Å². The third-order valence-electron chi connectivity index (χ3n) is 5.05. The first-order valence-corrected chi connectivity index (χ1v) is 9.91. The lowest BCUT2D eigenvalue weighted by Crippen LogP contribution is -2.05. The van der Waals surface area contributed by atoms with Gasteiger partial charge in [0.2, 0.25) is 0 Å². The summed E-state index contributed by atoms with van der Waals surface area (Å²) in [5.74, 6) is 1.57. The maximum absolute atomic E-state index is 4.74. The zero-order valence-corrected chi connectivity index (χ0v) is 16.4. The van der Waals surface area contributed by atoms with Crippen molar-refractivity contribution in [3.63, 3.8) is 0 Å². The van der Waals surface area contributed by atoms with Crippen molar-refractivity contribution in [3.05, 3.63) is 115 Å². The molecule has 30 heavy (non-hydrogen) atoms. The molecule has 5 rings (SSSR count). The highest BCUT2D eigenvalue weighted by Crippen LogP contribution is 2.27. The fraction of sp³-hybridized carbons (Fsp3) is 0.0385. The van der Waals surface area contributed by atoms with E-state index in [4.69, 9.17) is 4.98 Å². The Labute approximate surface area is 175 Å². The summed E-state index contributed by atoms with van der Waals surface area (Å²) in [5.41, 5.74) is 5.32. The molecule has 2 heterocycles. The minimum Gasteiger partial charge on any atom is -0.319 e. The van der Waals surface area contributed by atoms with Crippen molar-refractivity contribution in [2.75, 3.05) is 0 Å². The van der Waals surface area contributed by atoms with E-state index in [2.05, 4.69) is 50.9 Å². The first-order chi connectivity index (χ1) is 14.9. The van der Waals surface area contributed by atoms with Crippen LogP contribution < -0.4 is 0 Å². The Bertz CT molecular complexity index is 1230. The van der Waals surface area contributed by atoms with Crippen molar-refractivity contribution in [2.24, 2.45) is 0 Å². The molecule has 0 N–H and O–H groups in total. The van der Waals surface area contributed by atoms with Crippen molar-refractivity contribution in [3.8, 4) is 34.0 Å². The Hall–Kier alpha value is -4.05. The van der Waals surface area contributed by atoms with Crippen LogP contribution in [0.2, 0.25) is 0 Å². The molecule has 4 heteroatoms. The van der Waals surface area contributed by atoms with E-state index in [1.54, 1.807) is 0 Å². The molecule has 0 fully saturated rings. The largest absolute Gasteiger partial charge is 0.319 e. The zero-order chi connectivity index (χ0) is 20.2. The van der Waals surface area contributed by atoms with Crippen molar-refractivity contribution in [1.29, 1.82) is 0 Å². The molecular formula is C26H20N4. The second-order valence-corrected chi connectivity index (χ2v) is 7.07. The Morgan fingerprint density at radius 3 is 1.73 bits per heavy atom. The molecule has 3 aromatic carbocycles. The molecule has 0 radical (unpaired) electrons. The molecule has 5 aromatic rings. The molecule has 0 aliphatic carbocycles. The maximum atomic E-state index is 4.74. The third kappa shape index (κ3) is 3.63. The summed E-state index contributed by atoms with van der Waals surface area (Å²) in [4.78, 5) is 13.9. The average molecular weight is 388 g/mol. The topological polar surface area (TPSA) is 43.6 Å². The lowest BCUT2D eigenvalue weighted by molar-refractivity contribution is 0.813. The van der Waals surface area contributed by atoms with Crippen LogP contribution in [0.15, 0.2) is 110 Å². The van der Waals surface area contributed by atoms with E-state index in [1.807, 2.05) is 73.2 Å². The number of rotatable bonds is 5. The summed E-state index contributed by atoms with van der Waals surface area (Å²) in [6.07, 6.45) is 5.64. The molecule has 0 atom stereocenters. The van der Waals surface area contributed by atoms with E-state index < -0.39 is 0 Å². The van der Waals surface area contributed by atoms with Crippen LogP contribution in [-0.2, 0) is 6.54 Å². The summed E-state index contributed by atoms with van der Waals surface area (Å²) in [7, 11) is 0. The average Bonchev–Trinajstić information content (AvgIpc) is 3.24. The van der Waals surface area contributed by atoms with E-state index in [0.29, 0.717) is 5.82 Å². The molecule has 0 saturated carbocycles. The normalized spacial score (nSPS) is 10.8. The Morgan fingerprint density at radius 1 is 0.533 bits per heavy atom. The van der Waals surface area contributed by atoms with Crippen LogP contribution in [0.1, 0.15) is 5.56 Å². The van der Waals surface area contributed by atoms with Gasteiger partial charge in [0.15, 0.2) is 5.82 Å². The monoisotopic (exact) mass is 388 g/mol. The summed E-state index contributed by atoms with van der Waals surface area (Å²) in [6.45, 7) is 0.723. The second-order valence-electron chi connectivity index (χ2n) is 7.07.